The van der Waals surface area contributed by atoms with Gasteiger partial charge in [-0.25, -0.2) is 4.98 Å². The molecule has 1 aliphatic carbocycles. The van der Waals surface area contributed by atoms with Gasteiger partial charge < -0.3 is 9.47 Å². The Morgan fingerprint density at radius 3 is 2.67 bits per heavy atom. The maximum atomic E-state index is 13.3. The van der Waals surface area contributed by atoms with Crippen LogP contribution >= 0.6 is 0 Å². The van der Waals surface area contributed by atoms with Crippen LogP contribution in [0.1, 0.15) is 37.8 Å². The Morgan fingerprint density at radius 1 is 1.33 bits per heavy atom. The first-order valence-corrected chi connectivity index (χ1v) is 8.68. The van der Waals surface area contributed by atoms with E-state index in [1.807, 2.05) is 15.7 Å². The molecule has 1 heterocycles. The first kappa shape index (κ1) is 19.0. The Labute approximate surface area is 156 Å². The molecule has 4 nitrogen and oxygen atoms in total. The van der Waals surface area contributed by atoms with E-state index >= 15 is 0 Å². The number of halogens is 3. The fraction of sp³-hybridized carbons (Fsp3) is 0.400. The number of allylic oxidation sites excluding steroid dienone is 1. The molecule has 0 N–H and O–H groups in total. The van der Waals surface area contributed by atoms with E-state index in [0.717, 1.165) is 24.6 Å². The number of anilines is 1. The number of nitrogens with zero attached hydrogens (tertiary/aromatic N) is 4. The monoisotopic (exact) mass is 374 g/mol. The summed E-state index contributed by atoms with van der Waals surface area (Å²) in [5, 5.41) is 8.98. The number of imidazole rings is 1. The fourth-order valence-electron chi connectivity index (χ4n) is 3.55. The summed E-state index contributed by atoms with van der Waals surface area (Å²) >= 11 is 0. The number of nitriles is 1. The Kier molecular flexibility index (Phi) is 4.77. The van der Waals surface area contributed by atoms with Crippen molar-refractivity contribution in [2.45, 2.75) is 38.9 Å². The summed E-state index contributed by atoms with van der Waals surface area (Å²) in [7, 11) is 1.78. The largest absolute Gasteiger partial charge is 0.417 e. The summed E-state index contributed by atoms with van der Waals surface area (Å²) in [5.41, 5.74) is 0.197. The molecular weight excluding hydrogens is 353 g/mol. The predicted octanol–water partition coefficient (Wildman–Crippen LogP) is 4.94. The number of aromatic nitrogens is 2. The molecule has 142 valence electrons. The minimum atomic E-state index is -4.56. The SMILES string of the molecule is CN(c1ccc(C#N)c(C(F)(F)F)c1)C1C=C(n2ccnc2)C(C)(C)CC1. The smallest absolute Gasteiger partial charge is 0.368 e. The second-order valence-electron chi connectivity index (χ2n) is 7.46. The van der Waals surface area contributed by atoms with Crippen molar-refractivity contribution in [3.05, 3.63) is 54.1 Å². The van der Waals surface area contributed by atoms with Gasteiger partial charge in [0.1, 0.15) is 0 Å². The highest BCUT2D eigenvalue weighted by Crippen LogP contribution is 2.41. The van der Waals surface area contributed by atoms with Crippen molar-refractivity contribution in [2.24, 2.45) is 5.41 Å². The van der Waals surface area contributed by atoms with E-state index in [1.165, 1.54) is 6.07 Å². The molecule has 7 heteroatoms. The summed E-state index contributed by atoms with van der Waals surface area (Å²) < 4.78 is 41.8. The molecular formula is C20H21F3N4. The van der Waals surface area contributed by atoms with E-state index in [1.54, 1.807) is 31.7 Å². The van der Waals surface area contributed by atoms with Crippen LogP contribution in [-0.2, 0) is 6.18 Å². The van der Waals surface area contributed by atoms with Gasteiger partial charge in [0, 0.05) is 42.3 Å². The summed E-state index contributed by atoms with van der Waals surface area (Å²) in [6.45, 7) is 4.30. The van der Waals surface area contributed by atoms with Gasteiger partial charge in [-0.05, 0) is 37.1 Å². The van der Waals surface area contributed by atoms with Crippen LogP contribution in [0, 0.1) is 16.7 Å². The second kappa shape index (κ2) is 6.76. The molecule has 0 saturated heterocycles. The Balaban J connectivity index is 1.98. The topological polar surface area (TPSA) is 44.9 Å². The lowest BCUT2D eigenvalue weighted by Crippen LogP contribution is -2.36. The molecule has 0 bridgehead atoms. The lowest BCUT2D eigenvalue weighted by atomic mass is 9.77. The van der Waals surface area contributed by atoms with Crippen molar-refractivity contribution < 1.29 is 13.2 Å². The van der Waals surface area contributed by atoms with Crippen LogP contribution in [0.25, 0.3) is 5.70 Å². The quantitative estimate of drug-likeness (QED) is 0.764. The Morgan fingerprint density at radius 2 is 2.07 bits per heavy atom. The fourth-order valence-corrected chi connectivity index (χ4v) is 3.55. The highest BCUT2D eigenvalue weighted by Gasteiger charge is 2.35. The molecule has 0 radical (unpaired) electrons. The molecule has 1 aromatic carbocycles. The molecule has 1 aromatic heterocycles. The average molecular weight is 374 g/mol. The van der Waals surface area contributed by atoms with Crippen molar-refractivity contribution in [3.8, 4) is 6.07 Å². The minimum Gasteiger partial charge on any atom is -0.368 e. The van der Waals surface area contributed by atoms with Gasteiger partial charge in [-0.3, -0.25) is 0 Å². The van der Waals surface area contributed by atoms with Crippen LogP contribution in [0.3, 0.4) is 0 Å². The molecule has 0 saturated carbocycles. The molecule has 0 aliphatic heterocycles. The lowest BCUT2D eigenvalue weighted by molar-refractivity contribution is -0.137. The normalized spacial score (nSPS) is 19.3. The summed E-state index contributed by atoms with van der Waals surface area (Å²) in [6, 6.07) is 5.44. The van der Waals surface area contributed by atoms with Crippen LogP contribution in [0.15, 0.2) is 43.0 Å². The van der Waals surface area contributed by atoms with Crippen LogP contribution in [0.4, 0.5) is 18.9 Å². The van der Waals surface area contributed by atoms with Gasteiger partial charge in [-0.2, -0.15) is 18.4 Å². The van der Waals surface area contributed by atoms with Gasteiger partial charge in [0.25, 0.3) is 0 Å². The van der Waals surface area contributed by atoms with Gasteiger partial charge in [0.05, 0.1) is 23.5 Å². The summed E-state index contributed by atoms with van der Waals surface area (Å²) in [5.74, 6) is 0. The number of alkyl halides is 3. The van der Waals surface area contributed by atoms with Crippen molar-refractivity contribution in [1.29, 1.82) is 5.26 Å². The molecule has 27 heavy (non-hydrogen) atoms. The number of hydrogen-bond acceptors (Lipinski definition) is 3. The van der Waals surface area contributed by atoms with E-state index in [-0.39, 0.29) is 17.0 Å². The van der Waals surface area contributed by atoms with E-state index in [0.29, 0.717) is 5.69 Å². The van der Waals surface area contributed by atoms with E-state index in [4.69, 9.17) is 5.26 Å². The number of rotatable bonds is 3. The van der Waals surface area contributed by atoms with Crippen molar-refractivity contribution >= 4 is 11.4 Å². The van der Waals surface area contributed by atoms with Crippen molar-refractivity contribution in [2.75, 3.05) is 11.9 Å². The van der Waals surface area contributed by atoms with Gasteiger partial charge in [0.15, 0.2) is 0 Å². The molecule has 1 aliphatic rings. The standard InChI is InChI=1S/C20H21F3N4/c1-19(2)7-6-16(11-18(19)27-9-8-25-13-27)26(3)15-5-4-14(12-24)17(10-15)20(21,22)23/h4-5,8-11,13,16H,6-7H2,1-3H3. The number of hydrogen-bond donors (Lipinski definition) is 0. The van der Waals surface area contributed by atoms with Crippen molar-refractivity contribution in [1.82, 2.24) is 9.55 Å². The summed E-state index contributed by atoms with van der Waals surface area (Å²) in [4.78, 5) is 5.94. The van der Waals surface area contributed by atoms with Gasteiger partial charge in [-0.15, -0.1) is 0 Å². The van der Waals surface area contributed by atoms with Crippen molar-refractivity contribution in [3.63, 3.8) is 0 Å². The molecule has 0 fully saturated rings. The maximum Gasteiger partial charge on any atom is 0.417 e. The Bertz CT molecular complexity index is 889. The molecule has 1 atom stereocenters. The first-order valence-electron chi connectivity index (χ1n) is 8.68. The zero-order valence-corrected chi connectivity index (χ0v) is 15.5. The highest BCUT2D eigenvalue weighted by atomic mass is 19.4. The maximum absolute atomic E-state index is 13.3. The van der Waals surface area contributed by atoms with Gasteiger partial charge in [0.2, 0.25) is 0 Å². The number of likely N-dealkylation sites (N-methyl/N-ethyl adjacent to an activating group) is 1. The van der Waals surface area contributed by atoms with Crippen LogP contribution in [-0.4, -0.2) is 22.6 Å². The lowest BCUT2D eigenvalue weighted by Gasteiger charge is -2.39. The zero-order chi connectivity index (χ0) is 19.8. The van der Waals surface area contributed by atoms with E-state index < -0.39 is 11.7 Å². The first-order chi connectivity index (χ1) is 12.6. The summed E-state index contributed by atoms with van der Waals surface area (Å²) in [6.07, 6.45) is 4.57. The minimum absolute atomic E-state index is 0.0514. The van der Waals surface area contributed by atoms with Gasteiger partial charge >= 0.3 is 6.18 Å². The van der Waals surface area contributed by atoms with E-state index in [2.05, 4.69) is 24.9 Å². The van der Waals surface area contributed by atoms with Crippen LogP contribution in [0.2, 0.25) is 0 Å². The molecule has 1 unspecified atom stereocenters. The van der Waals surface area contributed by atoms with Gasteiger partial charge in [-0.1, -0.05) is 13.8 Å². The zero-order valence-electron chi connectivity index (χ0n) is 15.5. The molecule has 0 amide bonds. The number of benzene rings is 1. The second-order valence-corrected chi connectivity index (χ2v) is 7.46. The average Bonchev–Trinajstić information content (AvgIpc) is 3.14. The predicted molar refractivity (Wildman–Crippen MR) is 97.9 cm³/mol. The Hall–Kier alpha value is -2.75. The van der Waals surface area contributed by atoms with Crippen LogP contribution < -0.4 is 4.90 Å². The third kappa shape index (κ3) is 3.70. The third-order valence-electron chi connectivity index (χ3n) is 5.23. The molecule has 0 spiro atoms. The van der Waals surface area contributed by atoms with Crippen LogP contribution in [0.5, 0.6) is 0 Å². The highest BCUT2D eigenvalue weighted by molar-refractivity contribution is 5.59. The molecule has 3 rings (SSSR count). The van der Waals surface area contributed by atoms with E-state index in [9.17, 15) is 13.2 Å². The molecule has 2 aromatic rings. The third-order valence-corrected chi connectivity index (χ3v) is 5.23.